The number of epoxide rings is 2. The lowest BCUT2D eigenvalue weighted by Crippen LogP contribution is -2.18. The molecule has 27 heavy (non-hydrogen) atoms. The highest BCUT2D eigenvalue weighted by Gasteiger charge is 2.22. The number of rotatable bonds is 6. The van der Waals surface area contributed by atoms with Gasteiger partial charge in [-0.1, -0.05) is 74.5 Å². The second-order valence-electron chi connectivity index (χ2n) is 7.18. The average Bonchev–Trinajstić information content (AvgIpc) is 3.62. The molecule has 2 heterocycles. The van der Waals surface area contributed by atoms with Gasteiger partial charge in [-0.15, -0.1) is 0 Å². The Kier molecular flexibility index (Phi) is 8.95. The highest BCUT2D eigenvalue weighted by atomic mass is 16.6. The van der Waals surface area contributed by atoms with Gasteiger partial charge in [0.15, 0.2) is 0 Å². The van der Waals surface area contributed by atoms with Gasteiger partial charge in [-0.25, -0.2) is 0 Å². The van der Waals surface area contributed by atoms with Crippen LogP contribution in [0.15, 0.2) is 60.7 Å². The minimum Gasteiger partial charge on any atom is -0.382 e. The Morgan fingerprint density at radius 3 is 1.30 bits per heavy atom. The van der Waals surface area contributed by atoms with Gasteiger partial charge in [-0.05, 0) is 11.1 Å². The van der Waals surface area contributed by atoms with Crippen molar-refractivity contribution < 1.29 is 18.9 Å². The summed E-state index contributed by atoms with van der Waals surface area (Å²) in [5.41, 5.74) is 2.80. The van der Waals surface area contributed by atoms with Crippen LogP contribution in [0.5, 0.6) is 0 Å². The summed E-state index contributed by atoms with van der Waals surface area (Å²) >= 11 is 0. The van der Waals surface area contributed by atoms with Gasteiger partial charge in [0.05, 0.1) is 26.4 Å². The summed E-state index contributed by atoms with van der Waals surface area (Å²) < 4.78 is 19.1. The van der Waals surface area contributed by atoms with Crippen LogP contribution in [0.3, 0.4) is 0 Å². The molecule has 2 atom stereocenters. The van der Waals surface area contributed by atoms with Gasteiger partial charge in [0.25, 0.3) is 0 Å². The van der Waals surface area contributed by atoms with Crippen molar-refractivity contribution in [2.45, 2.75) is 31.5 Å². The highest BCUT2D eigenvalue weighted by Crippen LogP contribution is 2.30. The van der Waals surface area contributed by atoms with Crippen LogP contribution >= 0.6 is 0 Å². The first-order valence-corrected chi connectivity index (χ1v) is 9.40. The van der Waals surface area contributed by atoms with Gasteiger partial charge in [0.1, 0.15) is 12.2 Å². The predicted molar refractivity (Wildman–Crippen MR) is 108 cm³/mol. The van der Waals surface area contributed by atoms with Crippen molar-refractivity contribution >= 4 is 0 Å². The topological polar surface area (TPSA) is 43.5 Å². The second kappa shape index (κ2) is 11.2. The molecule has 2 aliphatic rings. The molecule has 2 unspecified atom stereocenters. The van der Waals surface area contributed by atoms with Crippen LogP contribution in [0.1, 0.15) is 25.0 Å². The molecule has 2 fully saturated rings. The first kappa shape index (κ1) is 21.6. The van der Waals surface area contributed by atoms with Crippen molar-refractivity contribution in [2.75, 3.05) is 40.6 Å². The molecule has 0 radical (unpaired) electrons. The van der Waals surface area contributed by atoms with Crippen LogP contribution in [0.4, 0.5) is 0 Å². The monoisotopic (exact) mass is 372 g/mol. The molecular formula is C23H32O4. The summed E-state index contributed by atoms with van der Waals surface area (Å²) in [7, 11) is 3.36. The summed E-state index contributed by atoms with van der Waals surface area (Å²) in [6.45, 7) is 7.84. The third-order valence-corrected chi connectivity index (χ3v) is 4.50. The standard InChI is InChI=1S/C15H16.2C4H8O2/c1-15(2,13-9-5-3-6-10-13)14-11-7-4-8-12-14;2*1-5-2-4-3-6-4/h3-12H,1-2H3;2*4H,2-3H2,1H3. The van der Waals surface area contributed by atoms with E-state index in [1.54, 1.807) is 14.2 Å². The summed E-state index contributed by atoms with van der Waals surface area (Å²) in [5, 5.41) is 0. The molecule has 0 amide bonds. The van der Waals surface area contributed by atoms with Crippen molar-refractivity contribution in [3.8, 4) is 0 Å². The molecular weight excluding hydrogens is 340 g/mol. The fourth-order valence-electron chi connectivity index (χ4n) is 2.58. The molecule has 0 spiro atoms. The third-order valence-electron chi connectivity index (χ3n) is 4.50. The van der Waals surface area contributed by atoms with E-state index in [-0.39, 0.29) is 5.41 Å². The van der Waals surface area contributed by atoms with E-state index < -0.39 is 0 Å². The SMILES string of the molecule is CC(C)(c1ccccc1)c1ccccc1.COCC1CO1.COCC1CO1. The summed E-state index contributed by atoms with van der Waals surface area (Å²) in [5.74, 6) is 0. The molecule has 4 rings (SSSR count). The van der Waals surface area contributed by atoms with Gasteiger partial charge in [0, 0.05) is 19.6 Å². The van der Waals surface area contributed by atoms with Crippen LogP contribution in [0, 0.1) is 0 Å². The van der Waals surface area contributed by atoms with E-state index >= 15 is 0 Å². The summed E-state index contributed by atoms with van der Waals surface area (Å²) in [6, 6.07) is 21.3. The molecule has 2 aliphatic heterocycles. The normalized spacial score (nSPS) is 19.9. The Bertz CT molecular complexity index is 564. The fourth-order valence-corrected chi connectivity index (χ4v) is 2.58. The predicted octanol–water partition coefficient (Wildman–Crippen LogP) is 4.08. The Morgan fingerprint density at radius 2 is 1.07 bits per heavy atom. The lowest BCUT2D eigenvalue weighted by molar-refractivity contribution is 0.171. The van der Waals surface area contributed by atoms with E-state index in [0.717, 1.165) is 26.4 Å². The average molecular weight is 373 g/mol. The molecule has 4 nitrogen and oxygen atoms in total. The van der Waals surface area contributed by atoms with E-state index in [2.05, 4.69) is 74.5 Å². The molecule has 2 aromatic rings. The smallest absolute Gasteiger partial charge is 0.104 e. The van der Waals surface area contributed by atoms with Crippen molar-refractivity contribution in [2.24, 2.45) is 0 Å². The molecule has 0 saturated carbocycles. The van der Waals surface area contributed by atoms with E-state index in [1.165, 1.54) is 11.1 Å². The van der Waals surface area contributed by atoms with Gasteiger partial charge in [-0.2, -0.15) is 0 Å². The number of ether oxygens (including phenoxy) is 4. The Hall–Kier alpha value is -1.72. The maximum absolute atomic E-state index is 4.82. The van der Waals surface area contributed by atoms with Crippen LogP contribution in [0.25, 0.3) is 0 Å². The molecule has 0 bridgehead atoms. The Balaban J connectivity index is 0.000000178. The maximum Gasteiger partial charge on any atom is 0.104 e. The second-order valence-corrected chi connectivity index (χ2v) is 7.18. The molecule has 0 N–H and O–H groups in total. The summed E-state index contributed by atoms with van der Waals surface area (Å²) in [6.07, 6.45) is 0.852. The van der Waals surface area contributed by atoms with E-state index in [0.29, 0.717) is 12.2 Å². The van der Waals surface area contributed by atoms with Gasteiger partial charge >= 0.3 is 0 Å². The first-order valence-electron chi connectivity index (χ1n) is 9.40. The zero-order chi connectivity index (χ0) is 19.5. The minimum absolute atomic E-state index is 0.0858. The number of hydrogen-bond acceptors (Lipinski definition) is 4. The largest absolute Gasteiger partial charge is 0.382 e. The Morgan fingerprint density at radius 1 is 0.741 bits per heavy atom. The van der Waals surface area contributed by atoms with E-state index in [4.69, 9.17) is 18.9 Å². The first-order chi connectivity index (χ1) is 13.1. The molecule has 148 valence electrons. The van der Waals surface area contributed by atoms with Crippen molar-refractivity contribution in [3.63, 3.8) is 0 Å². The van der Waals surface area contributed by atoms with Crippen molar-refractivity contribution in [3.05, 3.63) is 71.8 Å². The fraction of sp³-hybridized carbons (Fsp3) is 0.478. The highest BCUT2D eigenvalue weighted by molar-refractivity contribution is 5.36. The summed E-state index contributed by atoms with van der Waals surface area (Å²) in [4.78, 5) is 0. The zero-order valence-corrected chi connectivity index (χ0v) is 16.9. The maximum atomic E-state index is 4.82. The molecule has 0 aliphatic carbocycles. The van der Waals surface area contributed by atoms with Crippen molar-refractivity contribution in [1.82, 2.24) is 0 Å². The van der Waals surface area contributed by atoms with Crippen LogP contribution in [-0.4, -0.2) is 52.9 Å². The van der Waals surface area contributed by atoms with Gasteiger partial charge in [-0.3, -0.25) is 0 Å². The molecule has 0 aromatic heterocycles. The molecule has 2 aromatic carbocycles. The number of benzene rings is 2. The van der Waals surface area contributed by atoms with Gasteiger partial charge in [0.2, 0.25) is 0 Å². The van der Waals surface area contributed by atoms with Crippen LogP contribution in [-0.2, 0) is 24.4 Å². The Labute approximate surface area is 163 Å². The van der Waals surface area contributed by atoms with E-state index in [9.17, 15) is 0 Å². The third kappa shape index (κ3) is 8.22. The van der Waals surface area contributed by atoms with Crippen LogP contribution in [0.2, 0.25) is 0 Å². The minimum atomic E-state index is 0.0858. The lowest BCUT2D eigenvalue weighted by Gasteiger charge is -2.25. The zero-order valence-electron chi connectivity index (χ0n) is 16.9. The van der Waals surface area contributed by atoms with Gasteiger partial charge < -0.3 is 18.9 Å². The van der Waals surface area contributed by atoms with Crippen molar-refractivity contribution in [1.29, 1.82) is 0 Å². The number of hydrogen-bond donors (Lipinski definition) is 0. The molecule has 2 saturated heterocycles. The van der Waals surface area contributed by atoms with E-state index in [1.807, 2.05) is 0 Å². The van der Waals surface area contributed by atoms with Crippen LogP contribution < -0.4 is 0 Å². The number of methoxy groups -OCH3 is 2. The molecule has 4 heteroatoms. The quantitative estimate of drug-likeness (QED) is 0.717. The lowest BCUT2D eigenvalue weighted by atomic mass is 9.78.